The number of nitrogens with one attached hydrogen (secondary N) is 1. The lowest BCUT2D eigenvalue weighted by atomic mass is 10.0. The summed E-state index contributed by atoms with van der Waals surface area (Å²) >= 11 is 1.39. The van der Waals surface area contributed by atoms with Gasteiger partial charge in [-0.2, -0.15) is 5.10 Å². The Morgan fingerprint density at radius 1 is 0.909 bits per heavy atom. The normalized spacial score (nSPS) is 10.7. The van der Waals surface area contributed by atoms with Crippen LogP contribution >= 0.6 is 11.3 Å². The van der Waals surface area contributed by atoms with Gasteiger partial charge in [0.2, 0.25) is 0 Å². The molecule has 2 aromatic carbocycles. The van der Waals surface area contributed by atoms with E-state index in [9.17, 15) is 4.79 Å². The molecule has 0 saturated heterocycles. The molecule has 0 saturated carbocycles. The number of thiophene rings is 1. The molecule has 0 unspecified atom stereocenters. The van der Waals surface area contributed by atoms with Gasteiger partial charge in [0, 0.05) is 0 Å². The molecule has 0 atom stereocenters. The van der Waals surface area contributed by atoms with E-state index in [1.165, 1.54) is 16.9 Å². The van der Waals surface area contributed by atoms with Crippen molar-refractivity contribution in [3.63, 3.8) is 0 Å². The van der Waals surface area contributed by atoms with E-state index >= 15 is 0 Å². The van der Waals surface area contributed by atoms with E-state index < -0.39 is 0 Å². The van der Waals surface area contributed by atoms with E-state index in [0.29, 0.717) is 4.88 Å². The average Bonchev–Trinajstić information content (AvgIpc) is 3.11. The lowest BCUT2D eigenvalue weighted by molar-refractivity contribution is 0.0959. The number of hydrogen-bond acceptors (Lipinski definition) is 3. The Labute approximate surface area is 132 Å². The summed E-state index contributed by atoms with van der Waals surface area (Å²) in [5.41, 5.74) is 5.79. The monoisotopic (exact) mass is 306 g/mol. The van der Waals surface area contributed by atoms with Gasteiger partial charge in [0.05, 0.1) is 11.1 Å². The Balaban J connectivity index is 1.64. The molecule has 1 amide bonds. The molecule has 0 aliphatic carbocycles. The third kappa shape index (κ3) is 3.48. The van der Waals surface area contributed by atoms with E-state index in [1.807, 2.05) is 53.9 Å². The molecule has 0 bridgehead atoms. The molecule has 1 aromatic heterocycles. The second kappa shape index (κ2) is 6.83. The van der Waals surface area contributed by atoms with Gasteiger partial charge in [-0.25, -0.2) is 5.43 Å². The number of rotatable bonds is 4. The van der Waals surface area contributed by atoms with E-state index in [0.717, 1.165) is 11.1 Å². The molecule has 3 nitrogen and oxygen atoms in total. The van der Waals surface area contributed by atoms with Gasteiger partial charge in [0.1, 0.15) is 0 Å². The zero-order valence-electron chi connectivity index (χ0n) is 11.8. The van der Waals surface area contributed by atoms with Crippen molar-refractivity contribution in [2.45, 2.75) is 0 Å². The van der Waals surface area contributed by atoms with Crippen molar-refractivity contribution in [3.8, 4) is 11.1 Å². The third-order valence-electron chi connectivity index (χ3n) is 3.14. The van der Waals surface area contributed by atoms with Crippen LogP contribution in [0.2, 0.25) is 0 Å². The van der Waals surface area contributed by atoms with Crippen LogP contribution in [-0.2, 0) is 0 Å². The summed E-state index contributed by atoms with van der Waals surface area (Å²) in [6.45, 7) is 0. The summed E-state index contributed by atoms with van der Waals surface area (Å²) < 4.78 is 0. The number of carbonyl (C=O) groups excluding carboxylic acids is 1. The molecule has 1 N–H and O–H groups in total. The zero-order valence-corrected chi connectivity index (χ0v) is 12.6. The number of benzene rings is 2. The SMILES string of the molecule is O=C(N/N=C/c1ccc(-c2ccccc2)cc1)c1cccs1. The minimum Gasteiger partial charge on any atom is -0.266 e. The number of nitrogens with zero attached hydrogens (tertiary/aromatic N) is 1. The van der Waals surface area contributed by atoms with Crippen molar-refractivity contribution < 1.29 is 4.79 Å². The first-order valence-corrected chi connectivity index (χ1v) is 7.73. The highest BCUT2D eigenvalue weighted by molar-refractivity contribution is 7.12. The quantitative estimate of drug-likeness (QED) is 0.570. The van der Waals surface area contributed by atoms with Crippen LogP contribution in [0.5, 0.6) is 0 Å². The van der Waals surface area contributed by atoms with Crippen LogP contribution in [0.15, 0.2) is 77.2 Å². The van der Waals surface area contributed by atoms with Crippen LogP contribution in [0, 0.1) is 0 Å². The Bertz CT molecular complexity index is 763. The highest BCUT2D eigenvalue weighted by Gasteiger charge is 2.03. The molecule has 0 fully saturated rings. The first kappa shape index (κ1) is 14.2. The molecule has 22 heavy (non-hydrogen) atoms. The molecular formula is C18H14N2OS. The van der Waals surface area contributed by atoms with E-state index in [4.69, 9.17) is 0 Å². The number of carbonyl (C=O) groups is 1. The zero-order chi connectivity index (χ0) is 15.2. The van der Waals surface area contributed by atoms with Crippen molar-refractivity contribution in [3.05, 3.63) is 82.6 Å². The van der Waals surface area contributed by atoms with Gasteiger partial charge in [-0.15, -0.1) is 11.3 Å². The number of hydrazone groups is 1. The van der Waals surface area contributed by atoms with Crippen LogP contribution < -0.4 is 5.43 Å². The smallest absolute Gasteiger partial charge is 0.266 e. The van der Waals surface area contributed by atoms with Gasteiger partial charge in [-0.05, 0) is 28.1 Å². The predicted octanol–water partition coefficient (Wildman–Crippen LogP) is 4.18. The third-order valence-corrected chi connectivity index (χ3v) is 4.01. The summed E-state index contributed by atoms with van der Waals surface area (Å²) in [7, 11) is 0. The molecule has 3 rings (SSSR count). The van der Waals surface area contributed by atoms with Gasteiger partial charge in [-0.3, -0.25) is 4.79 Å². The van der Waals surface area contributed by atoms with Gasteiger partial charge in [-0.1, -0.05) is 60.7 Å². The highest BCUT2D eigenvalue weighted by atomic mass is 32.1. The minimum atomic E-state index is -0.188. The van der Waals surface area contributed by atoms with Gasteiger partial charge in [0.15, 0.2) is 0 Å². The molecule has 4 heteroatoms. The lowest BCUT2D eigenvalue weighted by Crippen LogP contribution is -2.16. The van der Waals surface area contributed by atoms with Crippen LogP contribution in [0.4, 0.5) is 0 Å². The van der Waals surface area contributed by atoms with E-state index in [2.05, 4.69) is 22.7 Å². The summed E-state index contributed by atoms with van der Waals surface area (Å²) in [5.74, 6) is -0.188. The number of amides is 1. The summed E-state index contributed by atoms with van der Waals surface area (Å²) in [6.07, 6.45) is 1.64. The van der Waals surface area contributed by atoms with Crippen LogP contribution in [0.1, 0.15) is 15.2 Å². The predicted molar refractivity (Wildman–Crippen MR) is 91.3 cm³/mol. The molecule has 108 valence electrons. The van der Waals surface area contributed by atoms with Crippen molar-refractivity contribution in [1.29, 1.82) is 0 Å². The van der Waals surface area contributed by atoms with Crippen molar-refractivity contribution >= 4 is 23.5 Å². The fourth-order valence-corrected chi connectivity index (χ4v) is 2.63. The summed E-state index contributed by atoms with van der Waals surface area (Å²) in [6, 6.07) is 21.8. The molecule has 0 aliphatic heterocycles. The van der Waals surface area contributed by atoms with Crippen molar-refractivity contribution in [1.82, 2.24) is 5.43 Å². The first-order chi connectivity index (χ1) is 10.8. The maximum absolute atomic E-state index is 11.7. The second-order valence-electron chi connectivity index (χ2n) is 4.66. The van der Waals surface area contributed by atoms with Crippen molar-refractivity contribution in [2.24, 2.45) is 5.10 Å². The fourth-order valence-electron chi connectivity index (χ4n) is 2.02. The Hall–Kier alpha value is -2.72. The molecular weight excluding hydrogens is 292 g/mol. The topological polar surface area (TPSA) is 41.5 Å². The standard InChI is InChI=1S/C18H14N2OS/c21-18(17-7-4-12-22-17)20-19-13-14-8-10-16(11-9-14)15-5-2-1-3-6-15/h1-13H,(H,20,21)/b19-13+. The van der Waals surface area contributed by atoms with Gasteiger partial charge in [0.25, 0.3) is 5.91 Å². The molecule has 0 spiro atoms. The van der Waals surface area contributed by atoms with Crippen molar-refractivity contribution in [2.75, 3.05) is 0 Å². The minimum absolute atomic E-state index is 0.188. The summed E-state index contributed by atoms with van der Waals surface area (Å²) in [5, 5.41) is 5.84. The Morgan fingerprint density at radius 3 is 2.32 bits per heavy atom. The Morgan fingerprint density at radius 2 is 1.64 bits per heavy atom. The highest BCUT2D eigenvalue weighted by Crippen LogP contribution is 2.18. The Kier molecular flexibility index (Phi) is 4.41. The van der Waals surface area contributed by atoms with E-state index in [1.54, 1.807) is 12.3 Å². The van der Waals surface area contributed by atoms with Gasteiger partial charge < -0.3 is 0 Å². The molecule has 1 heterocycles. The lowest BCUT2D eigenvalue weighted by Gasteiger charge is -2.01. The molecule has 0 aliphatic rings. The fraction of sp³-hybridized carbons (Fsp3) is 0. The average molecular weight is 306 g/mol. The molecule has 0 radical (unpaired) electrons. The molecule has 3 aromatic rings. The largest absolute Gasteiger partial charge is 0.281 e. The van der Waals surface area contributed by atoms with Crippen LogP contribution in [-0.4, -0.2) is 12.1 Å². The first-order valence-electron chi connectivity index (χ1n) is 6.85. The van der Waals surface area contributed by atoms with E-state index in [-0.39, 0.29) is 5.91 Å². The van der Waals surface area contributed by atoms with Gasteiger partial charge >= 0.3 is 0 Å². The number of hydrogen-bond donors (Lipinski definition) is 1. The maximum Gasteiger partial charge on any atom is 0.281 e. The van der Waals surface area contributed by atoms with Crippen LogP contribution in [0.3, 0.4) is 0 Å². The van der Waals surface area contributed by atoms with Crippen LogP contribution in [0.25, 0.3) is 11.1 Å². The second-order valence-corrected chi connectivity index (χ2v) is 5.61. The maximum atomic E-state index is 11.7. The summed E-state index contributed by atoms with van der Waals surface area (Å²) in [4.78, 5) is 12.4.